The largest absolute Gasteiger partial charge is 0.308 e. The molecule has 9 rings (SSSR count). The van der Waals surface area contributed by atoms with Crippen LogP contribution in [0.4, 0.5) is 0 Å². The van der Waals surface area contributed by atoms with Crippen LogP contribution in [-0.2, 0) is 0 Å². The molecular formula is C44H30N2. The molecule has 0 unspecified atom stereocenters. The van der Waals surface area contributed by atoms with Gasteiger partial charge in [-0.1, -0.05) is 121 Å². The molecule has 0 aliphatic carbocycles. The molecule has 0 saturated carbocycles. The summed E-state index contributed by atoms with van der Waals surface area (Å²) in [7, 11) is 0. The molecule has 0 saturated heterocycles. The van der Waals surface area contributed by atoms with Crippen molar-refractivity contribution in [2.24, 2.45) is 0 Å². The van der Waals surface area contributed by atoms with Crippen LogP contribution in [0.25, 0.3) is 82.4 Å². The first-order chi connectivity index (χ1) is 22.7. The van der Waals surface area contributed by atoms with Crippen molar-refractivity contribution in [2.45, 2.75) is 6.92 Å². The Labute approximate surface area is 267 Å². The number of pyridine rings is 1. The highest BCUT2D eigenvalue weighted by Crippen LogP contribution is 2.45. The zero-order valence-corrected chi connectivity index (χ0v) is 25.5. The van der Waals surface area contributed by atoms with Crippen molar-refractivity contribution in [3.05, 3.63) is 170 Å². The van der Waals surface area contributed by atoms with Crippen LogP contribution in [-0.4, -0.2) is 9.55 Å². The maximum atomic E-state index is 4.51. The van der Waals surface area contributed by atoms with E-state index in [1.54, 1.807) is 0 Å². The van der Waals surface area contributed by atoms with Crippen LogP contribution >= 0.6 is 0 Å². The topological polar surface area (TPSA) is 17.8 Å². The summed E-state index contributed by atoms with van der Waals surface area (Å²) in [6, 6.07) is 55.2. The van der Waals surface area contributed by atoms with Crippen molar-refractivity contribution >= 4 is 43.4 Å². The van der Waals surface area contributed by atoms with Crippen LogP contribution in [0, 0.1) is 6.92 Å². The third-order valence-electron chi connectivity index (χ3n) is 9.28. The number of fused-ring (bicyclic) bond motifs is 5. The number of benzene rings is 7. The third-order valence-corrected chi connectivity index (χ3v) is 9.28. The fraction of sp³-hybridized carbons (Fsp3) is 0.0227. The van der Waals surface area contributed by atoms with Gasteiger partial charge in [-0.05, 0) is 97.7 Å². The van der Waals surface area contributed by atoms with Gasteiger partial charge in [0.15, 0.2) is 0 Å². The molecule has 2 heteroatoms. The van der Waals surface area contributed by atoms with Gasteiger partial charge in [0.05, 0.1) is 17.2 Å². The molecule has 0 N–H and O–H groups in total. The van der Waals surface area contributed by atoms with Crippen LogP contribution in [0.15, 0.2) is 164 Å². The number of hydrogen-bond donors (Lipinski definition) is 0. The Morgan fingerprint density at radius 3 is 1.72 bits per heavy atom. The van der Waals surface area contributed by atoms with Gasteiger partial charge in [0, 0.05) is 22.7 Å². The lowest BCUT2D eigenvalue weighted by atomic mass is 9.85. The van der Waals surface area contributed by atoms with Crippen molar-refractivity contribution in [2.75, 3.05) is 0 Å². The molecule has 2 nitrogen and oxygen atoms in total. The minimum atomic E-state index is 1.11. The van der Waals surface area contributed by atoms with E-state index >= 15 is 0 Å². The molecule has 0 radical (unpaired) electrons. The van der Waals surface area contributed by atoms with E-state index in [9.17, 15) is 0 Å². The summed E-state index contributed by atoms with van der Waals surface area (Å²) < 4.78 is 2.35. The second-order valence-electron chi connectivity index (χ2n) is 12.1. The molecule has 0 aliphatic heterocycles. The number of rotatable bonds is 4. The molecule has 9 aromatic rings. The molecular weight excluding hydrogens is 556 g/mol. The Hall–Kier alpha value is -5.99. The highest BCUT2D eigenvalue weighted by atomic mass is 15.0. The Morgan fingerprint density at radius 1 is 0.413 bits per heavy atom. The lowest BCUT2D eigenvalue weighted by molar-refractivity contribution is 1.16. The van der Waals surface area contributed by atoms with Crippen LogP contribution in [0.1, 0.15) is 5.56 Å². The standard InChI is InChI=1S/C44H30N2/c1-29-24-33(26-34(25-29)46-41-19-11-10-16-35(41)36-22-23-45-28-42(36)46)32-20-21-39-40(27-32)44(31-14-6-3-7-15-31)38-18-9-8-17-37(38)43(39)30-12-4-2-5-13-30/h2-28H,1H3. The first kappa shape index (κ1) is 26.4. The molecule has 0 aliphatic rings. The summed E-state index contributed by atoms with van der Waals surface area (Å²) in [5, 5.41) is 7.50. The molecule has 216 valence electrons. The number of aromatic nitrogens is 2. The number of para-hydroxylation sites is 1. The minimum absolute atomic E-state index is 1.11. The maximum absolute atomic E-state index is 4.51. The molecule has 46 heavy (non-hydrogen) atoms. The van der Waals surface area contributed by atoms with Crippen LogP contribution in [0.5, 0.6) is 0 Å². The maximum Gasteiger partial charge on any atom is 0.0724 e. The summed E-state index contributed by atoms with van der Waals surface area (Å²) in [5.41, 5.74) is 12.1. The fourth-order valence-electron chi connectivity index (χ4n) is 7.34. The zero-order chi connectivity index (χ0) is 30.6. The van der Waals surface area contributed by atoms with Crippen LogP contribution in [0.2, 0.25) is 0 Å². The molecule has 7 aromatic carbocycles. The molecule has 0 bridgehead atoms. The molecule has 0 fully saturated rings. The van der Waals surface area contributed by atoms with E-state index in [1.807, 2.05) is 12.4 Å². The molecule has 0 spiro atoms. The lowest BCUT2D eigenvalue weighted by Crippen LogP contribution is -1.96. The van der Waals surface area contributed by atoms with E-state index in [0.717, 1.165) is 11.2 Å². The van der Waals surface area contributed by atoms with Gasteiger partial charge in [0.1, 0.15) is 0 Å². The lowest BCUT2D eigenvalue weighted by Gasteiger charge is -2.19. The van der Waals surface area contributed by atoms with Gasteiger partial charge >= 0.3 is 0 Å². The molecule has 0 atom stereocenters. The van der Waals surface area contributed by atoms with Gasteiger partial charge in [-0.15, -0.1) is 0 Å². The van der Waals surface area contributed by atoms with Crippen molar-refractivity contribution in [1.29, 1.82) is 0 Å². The smallest absolute Gasteiger partial charge is 0.0724 e. The van der Waals surface area contributed by atoms with Crippen molar-refractivity contribution in [1.82, 2.24) is 9.55 Å². The summed E-state index contributed by atoms with van der Waals surface area (Å²) in [6.45, 7) is 2.19. The van der Waals surface area contributed by atoms with E-state index in [0.29, 0.717) is 0 Å². The minimum Gasteiger partial charge on any atom is -0.308 e. The molecule has 0 amide bonds. The molecule has 2 aromatic heterocycles. The van der Waals surface area contributed by atoms with Crippen molar-refractivity contribution < 1.29 is 0 Å². The van der Waals surface area contributed by atoms with E-state index in [1.165, 1.54) is 76.8 Å². The van der Waals surface area contributed by atoms with E-state index < -0.39 is 0 Å². The summed E-state index contributed by atoms with van der Waals surface area (Å²) in [5.74, 6) is 0. The second kappa shape index (κ2) is 10.6. The van der Waals surface area contributed by atoms with Gasteiger partial charge in [-0.2, -0.15) is 0 Å². The van der Waals surface area contributed by atoms with Crippen LogP contribution < -0.4 is 0 Å². The second-order valence-corrected chi connectivity index (χ2v) is 12.1. The number of hydrogen-bond acceptors (Lipinski definition) is 1. The summed E-state index contributed by atoms with van der Waals surface area (Å²) in [6.07, 6.45) is 3.86. The normalized spacial score (nSPS) is 11.6. The summed E-state index contributed by atoms with van der Waals surface area (Å²) >= 11 is 0. The average Bonchev–Trinajstić information content (AvgIpc) is 3.45. The third kappa shape index (κ3) is 4.15. The Balaban J connectivity index is 1.34. The predicted octanol–water partition coefficient (Wildman–Crippen LogP) is 11.8. The Morgan fingerprint density at radius 2 is 1.00 bits per heavy atom. The Kier molecular flexibility index (Phi) is 6.07. The summed E-state index contributed by atoms with van der Waals surface area (Å²) in [4.78, 5) is 4.51. The van der Waals surface area contributed by atoms with Gasteiger partial charge in [-0.3, -0.25) is 4.98 Å². The van der Waals surface area contributed by atoms with Gasteiger partial charge in [-0.25, -0.2) is 0 Å². The highest BCUT2D eigenvalue weighted by Gasteiger charge is 2.18. The van der Waals surface area contributed by atoms with Gasteiger partial charge in [0.25, 0.3) is 0 Å². The van der Waals surface area contributed by atoms with E-state index in [2.05, 4.69) is 168 Å². The highest BCUT2D eigenvalue weighted by molar-refractivity contribution is 6.22. The van der Waals surface area contributed by atoms with Crippen molar-refractivity contribution in [3.8, 4) is 39.1 Å². The first-order valence-electron chi connectivity index (χ1n) is 15.8. The quantitative estimate of drug-likeness (QED) is 0.188. The number of nitrogens with zero attached hydrogens (tertiary/aromatic N) is 2. The van der Waals surface area contributed by atoms with Crippen LogP contribution in [0.3, 0.4) is 0 Å². The monoisotopic (exact) mass is 586 g/mol. The van der Waals surface area contributed by atoms with E-state index in [4.69, 9.17) is 0 Å². The van der Waals surface area contributed by atoms with E-state index in [-0.39, 0.29) is 0 Å². The predicted molar refractivity (Wildman–Crippen MR) is 195 cm³/mol. The zero-order valence-electron chi connectivity index (χ0n) is 25.5. The Bertz CT molecular complexity index is 2520. The first-order valence-corrected chi connectivity index (χ1v) is 15.8. The number of aryl methyl sites for hydroxylation is 1. The average molecular weight is 587 g/mol. The van der Waals surface area contributed by atoms with Gasteiger partial charge in [0.2, 0.25) is 0 Å². The van der Waals surface area contributed by atoms with Crippen molar-refractivity contribution in [3.63, 3.8) is 0 Å². The molecule has 2 heterocycles. The fourth-order valence-corrected chi connectivity index (χ4v) is 7.34. The SMILES string of the molecule is Cc1cc(-c2ccc3c(-c4ccccc4)c4ccccc4c(-c4ccccc4)c3c2)cc(-n2c3ccccc3c3ccncc32)c1. The van der Waals surface area contributed by atoms with Gasteiger partial charge < -0.3 is 4.57 Å².